The normalized spacial score (nSPS) is 18.7. The number of methoxy groups -OCH3 is 1. The summed E-state index contributed by atoms with van der Waals surface area (Å²) in [4.78, 5) is 2.43. The fourth-order valence-electron chi connectivity index (χ4n) is 4.17. The lowest BCUT2D eigenvalue weighted by atomic mass is 9.76. The van der Waals surface area contributed by atoms with Gasteiger partial charge >= 0.3 is 0 Å². The maximum atomic E-state index is 10.3. The molecule has 1 atom stereocenters. The first kappa shape index (κ1) is 15.3. The molecule has 2 aliphatic rings. The maximum Gasteiger partial charge on any atom is 0.168 e. The van der Waals surface area contributed by atoms with Gasteiger partial charge in [0.2, 0.25) is 0 Å². The Bertz CT molecular complexity index is 800. The molecule has 1 heterocycles. The van der Waals surface area contributed by atoms with E-state index in [1.54, 1.807) is 13.2 Å². The van der Waals surface area contributed by atoms with E-state index in [1.165, 1.54) is 16.7 Å². The van der Waals surface area contributed by atoms with Crippen LogP contribution in [-0.4, -0.2) is 37.3 Å². The van der Waals surface area contributed by atoms with Crippen LogP contribution in [0, 0.1) is 0 Å². The minimum absolute atomic E-state index is 0.189. The predicted molar refractivity (Wildman–Crippen MR) is 94.0 cm³/mol. The van der Waals surface area contributed by atoms with Crippen LogP contribution in [0.25, 0.3) is 11.1 Å². The zero-order valence-electron chi connectivity index (χ0n) is 14.4. The van der Waals surface area contributed by atoms with Gasteiger partial charge < -0.3 is 14.6 Å². The summed E-state index contributed by atoms with van der Waals surface area (Å²) in [5, 5.41) is 10.3. The number of hydrogen-bond donors (Lipinski definition) is 1. The van der Waals surface area contributed by atoms with E-state index in [1.807, 2.05) is 13.0 Å². The Labute approximate surface area is 142 Å². The van der Waals surface area contributed by atoms with Crippen LogP contribution in [0.5, 0.6) is 17.2 Å². The largest absolute Gasteiger partial charge is 0.504 e. The Morgan fingerprint density at radius 1 is 1.25 bits per heavy atom. The third-order valence-electron chi connectivity index (χ3n) is 5.26. The van der Waals surface area contributed by atoms with E-state index in [9.17, 15) is 5.11 Å². The topological polar surface area (TPSA) is 41.9 Å². The van der Waals surface area contributed by atoms with Gasteiger partial charge in [-0.25, -0.2) is 0 Å². The Balaban J connectivity index is 2.02. The molecular formula is C20H23NO3. The zero-order chi connectivity index (χ0) is 16.8. The molecule has 0 radical (unpaired) electrons. The SMILES string of the molecule is CCOc1cc2c3c(c1)-c1c(ccc(O)c1OC)C[C@H]3N(C)CC2. The second kappa shape index (κ2) is 5.71. The Hall–Kier alpha value is -2.20. The highest BCUT2D eigenvalue weighted by atomic mass is 16.5. The summed E-state index contributed by atoms with van der Waals surface area (Å²) in [6, 6.07) is 8.42. The number of hydrogen-bond acceptors (Lipinski definition) is 4. The first-order valence-electron chi connectivity index (χ1n) is 8.53. The summed E-state index contributed by atoms with van der Waals surface area (Å²) in [6.45, 7) is 3.70. The molecule has 126 valence electrons. The van der Waals surface area contributed by atoms with Gasteiger partial charge in [-0.3, -0.25) is 4.90 Å². The van der Waals surface area contributed by atoms with Crippen LogP contribution < -0.4 is 9.47 Å². The van der Waals surface area contributed by atoms with Crippen molar-refractivity contribution in [2.75, 3.05) is 27.3 Å². The van der Waals surface area contributed by atoms with E-state index in [2.05, 4.69) is 24.1 Å². The third-order valence-corrected chi connectivity index (χ3v) is 5.26. The van der Waals surface area contributed by atoms with E-state index < -0.39 is 0 Å². The van der Waals surface area contributed by atoms with Gasteiger partial charge in [-0.15, -0.1) is 0 Å². The summed E-state index contributed by atoms with van der Waals surface area (Å²) < 4.78 is 11.4. The lowest BCUT2D eigenvalue weighted by molar-refractivity contribution is 0.227. The van der Waals surface area contributed by atoms with Crippen LogP contribution in [0.2, 0.25) is 0 Å². The minimum atomic E-state index is 0.189. The van der Waals surface area contributed by atoms with Crippen molar-refractivity contribution < 1.29 is 14.6 Å². The Morgan fingerprint density at radius 3 is 2.83 bits per heavy atom. The van der Waals surface area contributed by atoms with Crippen molar-refractivity contribution >= 4 is 0 Å². The number of likely N-dealkylation sites (N-methyl/N-ethyl adjacent to an activating group) is 1. The number of ether oxygens (including phenoxy) is 2. The highest BCUT2D eigenvalue weighted by Crippen LogP contribution is 2.51. The van der Waals surface area contributed by atoms with Gasteiger partial charge in [0.25, 0.3) is 0 Å². The van der Waals surface area contributed by atoms with E-state index >= 15 is 0 Å². The lowest BCUT2D eigenvalue weighted by Crippen LogP contribution is -2.35. The molecule has 0 bridgehead atoms. The van der Waals surface area contributed by atoms with Gasteiger partial charge in [-0.1, -0.05) is 6.07 Å². The molecule has 4 heteroatoms. The maximum absolute atomic E-state index is 10.3. The molecule has 4 rings (SSSR count). The van der Waals surface area contributed by atoms with Crippen molar-refractivity contribution in [2.45, 2.75) is 25.8 Å². The quantitative estimate of drug-likeness (QED) is 0.937. The minimum Gasteiger partial charge on any atom is -0.504 e. The van der Waals surface area contributed by atoms with Gasteiger partial charge in [0, 0.05) is 18.2 Å². The highest BCUT2D eigenvalue weighted by Gasteiger charge is 2.35. The van der Waals surface area contributed by atoms with Crippen molar-refractivity contribution in [3.05, 3.63) is 41.0 Å². The number of aromatic hydroxyl groups is 1. The summed E-state index contributed by atoms with van der Waals surface area (Å²) in [5.41, 5.74) is 6.09. The van der Waals surface area contributed by atoms with Gasteiger partial charge in [-0.05, 0) is 67.3 Å². The molecule has 2 aromatic carbocycles. The molecule has 0 spiro atoms. The standard InChI is InChI=1S/C20H23NO3/c1-4-24-14-9-13-7-8-21(2)16-10-12-5-6-17(22)20(23-3)19(12)15(11-14)18(13)16/h5-6,9,11,16,22H,4,7-8,10H2,1-3H3/t16-/m1/s1. The average molecular weight is 325 g/mol. The van der Waals surface area contributed by atoms with Crippen molar-refractivity contribution in [2.24, 2.45) is 0 Å². The number of fused-ring (bicyclic) bond motifs is 2. The molecule has 2 aromatic rings. The van der Waals surface area contributed by atoms with Crippen LogP contribution in [0.1, 0.15) is 29.7 Å². The molecule has 1 aliphatic heterocycles. The number of nitrogens with zero attached hydrogens (tertiary/aromatic N) is 1. The fraction of sp³-hybridized carbons (Fsp3) is 0.400. The van der Waals surface area contributed by atoms with E-state index in [0.717, 1.165) is 36.3 Å². The summed E-state index contributed by atoms with van der Waals surface area (Å²) in [6.07, 6.45) is 1.96. The molecule has 1 aliphatic carbocycles. The van der Waals surface area contributed by atoms with E-state index in [-0.39, 0.29) is 5.75 Å². The number of phenolic OH excluding ortho intramolecular Hbond substituents is 1. The summed E-state index contributed by atoms with van der Waals surface area (Å²) >= 11 is 0. The first-order valence-corrected chi connectivity index (χ1v) is 8.53. The van der Waals surface area contributed by atoms with Crippen LogP contribution >= 0.6 is 0 Å². The predicted octanol–water partition coefficient (Wildman–Crippen LogP) is 3.55. The average Bonchev–Trinajstić information content (AvgIpc) is 2.58. The molecule has 0 unspecified atom stereocenters. The van der Waals surface area contributed by atoms with E-state index in [0.29, 0.717) is 18.4 Å². The number of rotatable bonds is 3. The van der Waals surface area contributed by atoms with Gasteiger partial charge in [0.1, 0.15) is 5.75 Å². The molecule has 24 heavy (non-hydrogen) atoms. The Morgan fingerprint density at radius 2 is 2.08 bits per heavy atom. The van der Waals surface area contributed by atoms with Crippen molar-refractivity contribution in [1.82, 2.24) is 4.90 Å². The monoisotopic (exact) mass is 325 g/mol. The number of phenols is 1. The van der Waals surface area contributed by atoms with Crippen molar-refractivity contribution in [3.8, 4) is 28.4 Å². The third kappa shape index (κ3) is 2.17. The second-order valence-electron chi connectivity index (χ2n) is 6.58. The van der Waals surface area contributed by atoms with E-state index in [4.69, 9.17) is 9.47 Å². The molecule has 0 amide bonds. The first-order chi connectivity index (χ1) is 11.6. The fourth-order valence-corrected chi connectivity index (χ4v) is 4.17. The molecular weight excluding hydrogens is 302 g/mol. The molecule has 0 fully saturated rings. The van der Waals surface area contributed by atoms with Crippen molar-refractivity contribution in [1.29, 1.82) is 0 Å². The molecule has 0 saturated carbocycles. The molecule has 4 nitrogen and oxygen atoms in total. The summed E-state index contributed by atoms with van der Waals surface area (Å²) in [7, 11) is 3.81. The van der Waals surface area contributed by atoms with Gasteiger partial charge in [0.15, 0.2) is 11.5 Å². The number of benzene rings is 2. The van der Waals surface area contributed by atoms with Crippen LogP contribution in [0.15, 0.2) is 24.3 Å². The van der Waals surface area contributed by atoms with Gasteiger partial charge in [-0.2, -0.15) is 0 Å². The lowest BCUT2D eigenvalue weighted by Gasteiger charge is -2.40. The van der Waals surface area contributed by atoms with Crippen molar-refractivity contribution in [3.63, 3.8) is 0 Å². The van der Waals surface area contributed by atoms with Gasteiger partial charge in [0.05, 0.1) is 13.7 Å². The highest BCUT2D eigenvalue weighted by molar-refractivity contribution is 5.83. The second-order valence-corrected chi connectivity index (χ2v) is 6.58. The smallest absolute Gasteiger partial charge is 0.168 e. The molecule has 0 aromatic heterocycles. The van der Waals surface area contributed by atoms with Crippen LogP contribution in [0.3, 0.4) is 0 Å². The Kier molecular flexibility index (Phi) is 3.65. The summed E-state index contributed by atoms with van der Waals surface area (Å²) in [5.74, 6) is 1.65. The van der Waals surface area contributed by atoms with Crippen LogP contribution in [-0.2, 0) is 12.8 Å². The molecule has 1 N–H and O–H groups in total. The molecule has 0 saturated heterocycles. The zero-order valence-corrected chi connectivity index (χ0v) is 14.4. The van der Waals surface area contributed by atoms with Crippen LogP contribution in [0.4, 0.5) is 0 Å².